The molecular formula is C21H24N2O5. The maximum atomic E-state index is 12.1. The normalized spacial score (nSPS) is 10.1. The first-order valence-corrected chi connectivity index (χ1v) is 8.88. The summed E-state index contributed by atoms with van der Waals surface area (Å²) in [7, 11) is 0. The van der Waals surface area contributed by atoms with E-state index in [1.54, 1.807) is 18.2 Å². The van der Waals surface area contributed by atoms with E-state index in [1.807, 2.05) is 32.0 Å². The van der Waals surface area contributed by atoms with Gasteiger partial charge in [-0.3, -0.25) is 14.4 Å². The van der Waals surface area contributed by atoms with Crippen molar-refractivity contribution in [3.63, 3.8) is 0 Å². The highest BCUT2D eigenvalue weighted by Gasteiger charge is 2.08. The molecule has 0 saturated carbocycles. The number of carbonyl (C=O) groups excluding carboxylic acids is 3. The number of ether oxygens (including phenoxy) is 2. The molecule has 2 N–H and O–H groups in total. The van der Waals surface area contributed by atoms with Gasteiger partial charge in [-0.25, -0.2) is 0 Å². The van der Waals surface area contributed by atoms with E-state index in [-0.39, 0.29) is 31.5 Å². The molecule has 148 valence electrons. The third-order valence-electron chi connectivity index (χ3n) is 3.78. The molecule has 2 rings (SSSR count). The van der Waals surface area contributed by atoms with Crippen LogP contribution in [0.4, 0.5) is 0 Å². The van der Waals surface area contributed by atoms with E-state index < -0.39 is 5.97 Å². The first kappa shape index (κ1) is 21.0. The second-order valence-corrected chi connectivity index (χ2v) is 6.28. The predicted octanol–water partition coefficient (Wildman–Crippen LogP) is 2.15. The number of amides is 2. The fraction of sp³-hybridized carbons (Fsp3) is 0.286. The standard InChI is InChI=1S/C21H24N2O5/c1-14-7-8-19(15(2)11-14)27-13-20(25)22-9-10-23-21(26)17-5-4-6-18(12-17)28-16(3)24/h4-8,11-12H,9-10,13H2,1-3H3,(H,22,25)(H,23,26). The van der Waals surface area contributed by atoms with Gasteiger partial charge in [0.1, 0.15) is 11.5 Å². The van der Waals surface area contributed by atoms with Crippen LogP contribution in [0.1, 0.15) is 28.4 Å². The van der Waals surface area contributed by atoms with E-state index in [2.05, 4.69) is 10.6 Å². The van der Waals surface area contributed by atoms with Crippen molar-refractivity contribution in [3.8, 4) is 11.5 Å². The second-order valence-electron chi connectivity index (χ2n) is 6.28. The summed E-state index contributed by atoms with van der Waals surface area (Å²) in [6.07, 6.45) is 0. The summed E-state index contributed by atoms with van der Waals surface area (Å²) < 4.78 is 10.5. The molecule has 7 nitrogen and oxygen atoms in total. The third-order valence-corrected chi connectivity index (χ3v) is 3.78. The molecule has 28 heavy (non-hydrogen) atoms. The van der Waals surface area contributed by atoms with E-state index >= 15 is 0 Å². The van der Waals surface area contributed by atoms with Crippen LogP contribution in [0, 0.1) is 13.8 Å². The Morgan fingerprint density at radius 3 is 2.43 bits per heavy atom. The lowest BCUT2D eigenvalue weighted by Crippen LogP contribution is -2.36. The monoisotopic (exact) mass is 384 g/mol. The van der Waals surface area contributed by atoms with Crippen LogP contribution in [-0.2, 0) is 9.59 Å². The zero-order valence-corrected chi connectivity index (χ0v) is 16.2. The molecule has 0 fully saturated rings. The van der Waals surface area contributed by atoms with Crippen molar-refractivity contribution >= 4 is 17.8 Å². The van der Waals surface area contributed by atoms with Crippen molar-refractivity contribution in [2.24, 2.45) is 0 Å². The zero-order chi connectivity index (χ0) is 20.5. The van der Waals surface area contributed by atoms with Crippen LogP contribution < -0.4 is 20.1 Å². The maximum absolute atomic E-state index is 12.1. The van der Waals surface area contributed by atoms with Gasteiger partial charge in [0.25, 0.3) is 11.8 Å². The predicted molar refractivity (Wildman–Crippen MR) is 105 cm³/mol. The topological polar surface area (TPSA) is 93.7 Å². The SMILES string of the molecule is CC(=O)Oc1cccc(C(=O)NCCNC(=O)COc2ccc(C)cc2C)c1. The summed E-state index contributed by atoms with van der Waals surface area (Å²) in [6, 6.07) is 12.0. The smallest absolute Gasteiger partial charge is 0.308 e. The number of hydrogen-bond acceptors (Lipinski definition) is 5. The number of nitrogens with one attached hydrogen (secondary N) is 2. The Kier molecular flexibility index (Phi) is 7.56. The Morgan fingerprint density at radius 2 is 1.71 bits per heavy atom. The fourth-order valence-corrected chi connectivity index (χ4v) is 2.50. The van der Waals surface area contributed by atoms with Crippen molar-refractivity contribution in [2.75, 3.05) is 19.7 Å². The van der Waals surface area contributed by atoms with Gasteiger partial charge in [0, 0.05) is 25.6 Å². The highest BCUT2D eigenvalue weighted by atomic mass is 16.5. The quantitative estimate of drug-likeness (QED) is 0.413. The van der Waals surface area contributed by atoms with Crippen molar-refractivity contribution in [1.29, 1.82) is 0 Å². The fourth-order valence-electron chi connectivity index (χ4n) is 2.50. The molecule has 0 atom stereocenters. The Hall–Kier alpha value is -3.35. The van der Waals surface area contributed by atoms with Crippen LogP contribution in [-0.4, -0.2) is 37.5 Å². The van der Waals surface area contributed by atoms with E-state index in [0.29, 0.717) is 17.1 Å². The molecule has 2 amide bonds. The Balaban J connectivity index is 1.71. The summed E-state index contributed by atoms with van der Waals surface area (Å²) in [4.78, 5) is 34.9. The molecule has 0 aliphatic carbocycles. The number of hydrogen-bond donors (Lipinski definition) is 2. The van der Waals surface area contributed by atoms with Gasteiger partial charge in [-0.1, -0.05) is 23.8 Å². The molecule has 0 aromatic heterocycles. The van der Waals surface area contributed by atoms with E-state index in [4.69, 9.17) is 9.47 Å². The van der Waals surface area contributed by atoms with Crippen LogP contribution in [0.3, 0.4) is 0 Å². The molecule has 0 unspecified atom stereocenters. The van der Waals surface area contributed by atoms with Crippen LogP contribution in [0.2, 0.25) is 0 Å². The van der Waals surface area contributed by atoms with Gasteiger partial charge in [-0.2, -0.15) is 0 Å². The lowest BCUT2D eigenvalue weighted by atomic mass is 10.1. The minimum Gasteiger partial charge on any atom is -0.484 e. The molecule has 2 aromatic rings. The molecule has 2 aromatic carbocycles. The van der Waals surface area contributed by atoms with Crippen LogP contribution in [0.5, 0.6) is 11.5 Å². The van der Waals surface area contributed by atoms with Gasteiger partial charge in [-0.15, -0.1) is 0 Å². The molecule has 0 aliphatic rings. The highest BCUT2D eigenvalue weighted by molar-refractivity contribution is 5.94. The first-order chi connectivity index (χ1) is 13.3. The summed E-state index contributed by atoms with van der Waals surface area (Å²) in [5.41, 5.74) is 2.46. The molecule has 0 heterocycles. The number of rotatable bonds is 8. The van der Waals surface area contributed by atoms with Crippen LogP contribution >= 0.6 is 0 Å². The van der Waals surface area contributed by atoms with E-state index in [0.717, 1.165) is 11.1 Å². The van der Waals surface area contributed by atoms with Gasteiger partial charge >= 0.3 is 5.97 Å². The summed E-state index contributed by atoms with van der Waals surface area (Å²) in [5.74, 6) is -0.0807. The highest BCUT2D eigenvalue weighted by Crippen LogP contribution is 2.18. The summed E-state index contributed by atoms with van der Waals surface area (Å²) in [6.45, 7) is 5.63. The van der Waals surface area contributed by atoms with Gasteiger partial charge in [-0.05, 0) is 43.7 Å². The molecule has 0 bridgehead atoms. The molecule has 0 aliphatic heterocycles. The van der Waals surface area contributed by atoms with E-state index in [1.165, 1.54) is 13.0 Å². The van der Waals surface area contributed by atoms with Crippen molar-refractivity contribution in [1.82, 2.24) is 10.6 Å². The molecule has 0 radical (unpaired) electrons. The molecule has 0 saturated heterocycles. The third kappa shape index (κ3) is 6.75. The zero-order valence-electron chi connectivity index (χ0n) is 16.2. The Morgan fingerprint density at radius 1 is 0.964 bits per heavy atom. The minimum absolute atomic E-state index is 0.0950. The van der Waals surface area contributed by atoms with Crippen molar-refractivity contribution in [2.45, 2.75) is 20.8 Å². The molecule has 0 spiro atoms. The summed E-state index contributed by atoms with van der Waals surface area (Å²) >= 11 is 0. The van der Waals surface area contributed by atoms with Gasteiger partial charge < -0.3 is 20.1 Å². The average Bonchev–Trinajstić information content (AvgIpc) is 2.64. The lowest BCUT2D eigenvalue weighted by Gasteiger charge is -2.11. The van der Waals surface area contributed by atoms with Crippen LogP contribution in [0.25, 0.3) is 0 Å². The van der Waals surface area contributed by atoms with Gasteiger partial charge in [0.15, 0.2) is 6.61 Å². The van der Waals surface area contributed by atoms with Gasteiger partial charge in [0.05, 0.1) is 0 Å². The van der Waals surface area contributed by atoms with Crippen molar-refractivity contribution < 1.29 is 23.9 Å². The largest absolute Gasteiger partial charge is 0.484 e. The lowest BCUT2D eigenvalue weighted by molar-refractivity contribution is -0.131. The number of esters is 1. The number of aryl methyl sites for hydroxylation is 2. The Bertz CT molecular complexity index is 864. The minimum atomic E-state index is -0.455. The average molecular weight is 384 g/mol. The molecular weight excluding hydrogens is 360 g/mol. The second kappa shape index (κ2) is 10.1. The molecule has 7 heteroatoms. The number of carbonyl (C=O) groups is 3. The van der Waals surface area contributed by atoms with Crippen molar-refractivity contribution in [3.05, 3.63) is 59.2 Å². The van der Waals surface area contributed by atoms with Gasteiger partial charge in [0.2, 0.25) is 0 Å². The Labute approximate surface area is 164 Å². The summed E-state index contributed by atoms with van der Waals surface area (Å²) in [5, 5.41) is 5.37. The van der Waals surface area contributed by atoms with Crippen LogP contribution in [0.15, 0.2) is 42.5 Å². The number of benzene rings is 2. The van der Waals surface area contributed by atoms with E-state index in [9.17, 15) is 14.4 Å². The maximum Gasteiger partial charge on any atom is 0.308 e. The first-order valence-electron chi connectivity index (χ1n) is 8.88.